The minimum atomic E-state index is -0.580. The molecule has 0 saturated carbocycles. The van der Waals surface area contributed by atoms with Gasteiger partial charge in [0, 0.05) is 13.0 Å². The van der Waals surface area contributed by atoms with E-state index in [1.807, 2.05) is 0 Å². The number of hydrazine groups is 1. The van der Waals surface area contributed by atoms with E-state index < -0.39 is 12.5 Å². The molecular formula is C6H10N2O3. The van der Waals surface area contributed by atoms with Gasteiger partial charge in [0.15, 0.2) is 0 Å². The van der Waals surface area contributed by atoms with Gasteiger partial charge in [0.05, 0.1) is 0 Å². The largest absolute Gasteiger partial charge is 0.386 e. The van der Waals surface area contributed by atoms with E-state index in [0.717, 1.165) is 6.42 Å². The molecule has 1 rings (SSSR count). The zero-order chi connectivity index (χ0) is 8.27. The Balaban J connectivity index is 2.36. The molecule has 0 unspecified atom stereocenters. The molecule has 1 heterocycles. The highest BCUT2D eigenvalue weighted by molar-refractivity contribution is 5.83. The van der Waals surface area contributed by atoms with E-state index in [2.05, 4.69) is 5.43 Å². The van der Waals surface area contributed by atoms with Crippen LogP contribution >= 0.6 is 0 Å². The van der Waals surface area contributed by atoms with Crippen LogP contribution in [0.5, 0.6) is 0 Å². The molecule has 0 aromatic carbocycles. The first-order valence-corrected chi connectivity index (χ1v) is 3.45. The highest BCUT2D eigenvalue weighted by Crippen LogP contribution is 2.05. The summed E-state index contributed by atoms with van der Waals surface area (Å²) < 4.78 is 0. The number of aliphatic hydroxyl groups is 1. The Bertz CT molecular complexity index is 181. The molecule has 0 aromatic rings. The second kappa shape index (κ2) is 3.34. The summed E-state index contributed by atoms with van der Waals surface area (Å²) in [5.41, 5.74) is 2.27. The molecular weight excluding hydrogens is 148 g/mol. The number of carbonyl (C=O) groups is 2. The van der Waals surface area contributed by atoms with Crippen molar-refractivity contribution in [1.29, 1.82) is 0 Å². The molecule has 0 atom stereocenters. The second-order valence-corrected chi connectivity index (χ2v) is 2.34. The Labute approximate surface area is 64.0 Å². The van der Waals surface area contributed by atoms with Gasteiger partial charge >= 0.3 is 0 Å². The van der Waals surface area contributed by atoms with Crippen LogP contribution in [0.4, 0.5) is 0 Å². The van der Waals surface area contributed by atoms with Crippen LogP contribution < -0.4 is 5.43 Å². The molecule has 1 saturated heterocycles. The van der Waals surface area contributed by atoms with Crippen molar-refractivity contribution in [1.82, 2.24) is 10.4 Å². The van der Waals surface area contributed by atoms with Gasteiger partial charge in [0.2, 0.25) is 5.91 Å². The van der Waals surface area contributed by atoms with E-state index in [4.69, 9.17) is 5.11 Å². The predicted octanol–water partition coefficient (Wildman–Crippen LogP) is -1.37. The van der Waals surface area contributed by atoms with E-state index in [1.54, 1.807) is 0 Å². The maximum atomic E-state index is 10.9. The topological polar surface area (TPSA) is 69.6 Å². The first-order chi connectivity index (χ1) is 5.24. The summed E-state index contributed by atoms with van der Waals surface area (Å²) in [5, 5.41) is 9.57. The Hall–Kier alpha value is -1.10. The SMILES string of the molecule is O=C(CO)NN1CCCC1=O. The van der Waals surface area contributed by atoms with Crippen LogP contribution in [0, 0.1) is 0 Å². The Morgan fingerprint density at radius 3 is 2.91 bits per heavy atom. The zero-order valence-corrected chi connectivity index (χ0v) is 6.04. The third kappa shape index (κ3) is 1.91. The molecule has 5 nitrogen and oxygen atoms in total. The third-order valence-corrected chi connectivity index (χ3v) is 1.48. The lowest BCUT2D eigenvalue weighted by molar-refractivity contribution is -0.139. The van der Waals surface area contributed by atoms with Crippen LogP contribution in [-0.4, -0.2) is 35.1 Å². The van der Waals surface area contributed by atoms with Gasteiger partial charge in [-0.3, -0.25) is 20.0 Å². The van der Waals surface area contributed by atoms with Gasteiger partial charge in [0.25, 0.3) is 5.91 Å². The van der Waals surface area contributed by atoms with Gasteiger partial charge in [0.1, 0.15) is 6.61 Å². The lowest BCUT2D eigenvalue weighted by atomic mass is 10.4. The summed E-state index contributed by atoms with van der Waals surface area (Å²) in [6.07, 6.45) is 1.25. The van der Waals surface area contributed by atoms with Crippen LogP contribution in [0.25, 0.3) is 0 Å². The van der Waals surface area contributed by atoms with Gasteiger partial charge in [-0.25, -0.2) is 0 Å². The van der Waals surface area contributed by atoms with Gasteiger partial charge in [-0.15, -0.1) is 0 Å². The number of hydrogen-bond acceptors (Lipinski definition) is 3. The fourth-order valence-corrected chi connectivity index (χ4v) is 0.952. The standard InChI is InChI=1S/C6H10N2O3/c9-4-5(10)7-8-3-1-2-6(8)11/h9H,1-4H2,(H,7,10). The summed E-state index contributed by atoms with van der Waals surface area (Å²) in [4.78, 5) is 21.4. The maximum absolute atomic E-state index is 10.9. The van der Waals surface area contributed by atoms with Crippen molar-refractivity contribution < 1.29 is 14.7 Å². The maximum Gasteiger partial charge on any atom is 0.264 e. The lowest BCUT2D eigenvalue weighted by Crippen LogP contribution is -2.44. The molecule has 0 aliphatic carbocycles. The second-order valence-electron chi connectivity index (χ2n) is 2.34. The van der Waals surface area contributed by atoms with E-state index in [9.17, 15) is 9.59 Å². The first kappa shape index (κ1) is 8.00. The van der Waals surface area contributed by atoms with Gasteiger partial charge in [-0.1, -0.05) is 0 Å². The highest BCUT2D eigenvalue weighted by atomic mass is 16.3. The number of carbonyl (C=O) groups excluding carboxylic acids is 2. The molecule has 1 aliphatic heterocycles. The predicted molar refractivity (Wildman–Crippen MR) is 36.2 cm³/mol. The van der Waals surface area contributed by atoms with Crippen molar-refractivity contribution in [3.63, 3.8) is 0 Å². The van der Waals surface area contributed by atoms with Crippen LogP contribution in [0.15, 0.2) is 0 Å². The molecule has 0 spiro atoms. The van der Waals surface area contributed by atoms with Gasteiger partial charge in [-0.2, -0.15) is 0 Å². The summed E-state index contributed by atoms with van der Waals surface area (Å²) >= 11 is 0. The first-order valence-electron chi connectivity index (χ1n) is 3.45. The number of nitrogens with one attached hydrogen (secondary N) is 1. The fraction of sp³-hybridized carbons (Fsp3) is 0.667. The summed E-state index contributed by atoms with van der Waals surface area (Å²) in [5.74, 6) is -0.632. The number of nitrogens with zero attached hydrogens (tertiary/aromatic N) is 1. The molecule has 62 valence electrons. The Morgan fingerprint density at radius 1 is 1.73 bits per heavy atom. The van der Waals surface area contributed by atoms with Crippen LogP contribution in [0.3, 0.4) is 0 Å². The Morgan fingerprint density at radius 2 is 2.45 bits per heavy atom. The fourth-order valence-electron chi connectivity index (χ4n) is 0.952. The van der Waals surface area contributed by atoms with Crippen LogP contribution in [-0.2, 0) is 9.59 Å². The van der Waals surface area contributed by atoms with Crippen molar-refractivity contribution >= 4 is 11.8 Å². The molecule has 1 aliphatic rings. The van der Waals surface area contributed by atoms with Crippen LogP contribution in [0.2, 0.25) is 0 Å². The van der Waals surface area contributed by atoms with Crippen molar-refractivity contribution in [2.75, 3.05) is 13.2 Å². The molecule has 1 fully saturated rings. The van der Waals surface area contributed by atoms with E-state index in [0.29, 0.717) is 13.0 Å². The molecule has 11 heavy (non-hydrogen) atoms. The van der Waals surface area contributed by atoms with Crippen molar-refractivity contribution in [3.05, 3.63) is 0 Å². The quantitative estimate of drug-likeness (QED) is 0.521. The lowest BCUT2D eigenvalue weighted by Gasteiger charge is -2.15. The van der Waals surface area contributed by atoms with E-state index in [-0.39, 0.29) is 5.91 Å². The molecule has 0 bridgehead atoms. The molecule has 2 N–H and O–H groups in total. The van der Waals surface area contributed by atoms with Gasteiger partial charge in [-0.05, 0) is 6.42 Å². The molecule has 2 amide bonds. The Kier molecular flexibility index (Phi) is 2.43. The number of aliphatic hydroxyl groups excluding tert-OH is 1. The van der Waals surface area contributed by atoms with Crippen molar-refractivity contribution in [3.8, 4) is 0 Å². The smallest absolute Gasteiger partial charge is 0.264 e. The molecule has 5 heteroatoms. The van der Waals surface area contributed by atoms with Crippen molar-refractivity contribution in [2.45, 2.75) is 12.8 Å². The monoisotopic (exact) mass is 158 g/mol. The average molecular weight is 158 g/mol. The number of rotatable bonds is 2. The van der Waals surface area contributed by atoms with E-state index >= 15 is 0 Å². The summed E-state index contributed by atoms with van der Waals surface area (Å²) in [6.45, 7) is -0.0334. The normalized spacial score (nSPS) is 17.2. The molecule has 0 radical (unpaired) electrons. The van der Waals surface area contributed by atoms with Crippen molar-refractivity contribution in [2.24, 2.45) is 0 Å². The summed E-state index contributed by atoms with van der Waals surface area (Å²) in [7, 11) is 0. The highest BCUT2D eigenvalue weighted by Gasteiger charge is 2.21. The van der Waals surface area contributed by atoms with Gasteiger partial charge < -0.3 is 5.11 Å². The number of hydrogen-bond donors (Lipinski definition) is 2. The molecule has 0 aromatic heterocycles. The minimum Gasteiger partial charge on any atom is -0.386 e. The number of amides is 2. The van der Waals surface area contributed by atoms with E-state index in [1.165, 1.54) is 5.01 Å². The third-order valence-electron chi connectivity index (χ3n) is 1.48. The van der Waals surface area contributed by atoms with Crippen LogP contribution in [0.1, 0.15) is 12.8 Å². The minimum absolute atomic E-state index is 0.0909. The average Bonchev–Trinajstić information content (AvgIpc) is 2.37. The zero-order valence-electron chi connectivity index (χ0n) is 6.04. The summed E-state index contributed by atoms with van der Waals surface area (Å²) in [6, 6.07) is 0.